The van der Waals surface area contributed by atoms with Crippen molar-refractivity contribution in [1.29, 1.82) is 0 Å². The molecule has 2 nitrogen and oxygen atoms in total. The largest absolute Gasteiger partial charge is 0.305 e. The third-order valence-corrected chi connectivity index (χ3v) is 4.51. The molecule has 1 aromatic rings. The molecular weight excluding hydrogens is 228 g/mol. The van der Waals surface area contributed by atoms with Gasteiger partial charge in [-0.2, -0.15) is 0 Å². The van der Waals surface area contributed by atoms with E-state index in [9.17, 15) is 0 Å². The first kappa shape index (κ1) is 14.7. The molecule has 0 amide bonds. The molecule has 0 saturated heterocycles. The number of aromatic nitrogens is 1. The second-order valence-electron chi connectivity index (χ2n) is 4.95. The van der Waals surface area contributed by atoms with Crippen LogP contribution in [0.1, 0.15) is 70.5 Å². The molecule has 0 unspecified atom stereocenters. The van der Waals surface area contributed by atoms with Crippen molar-refractivity contribution in [2.45, 2.75) is 65.3 Å². The molecule has 3 heteroatoms. The Morgan fingerprint density at radius 3 is 2.35 bits per heavy atom. The lowest BCUT2D eigenvalue weighted by molar-refractivity contribution is 0.307. The summed E-state index contributed by atoms with van der Waals surface area (Å²) in [6, 6.07) is 0. The molecule has 0 spiro atoms. The lowest BCUT2D eigenvalue weighted by atomic mass is 9.93. The Kier molecular flexibility index (Phi) is 5.60. The minimum absolute atomic E-state index is 0.0911. The van der Waals surface area contributed by atoms with E-state index in [4.69, 9.17) is 4.98 Å². The molecule has 17 heavy (non-hydrogen) atoms. The summed E-state index contributed by atoms with van der Waals surface area (Å²) in [6.07, 6.45) is 3.38. The van der Waals surface area contributed by atoms with E-state index >= 15 is 0 Å². The number of thiazole rings is 1. The highest BCUT2D eigenvalue weighted by Crippen LogP contribution is 2.32. The normalized spacial score (nSPS) is 12.4. The Balaban J connectivity index is 2.95. The maximum absolute atomic E-state index is 4.83. The second kappa shape index (κ2) is 6.50. The highest BCUT2D eigenvalue weighted by atomic mass is 32.1. The standard InChI is InChI=1S/C14H26N2S/c1-6-9-15-14(7-2,8-3)13-16-12(10-17-13)11(4)5/h10-11,15H,6-9H2,1-5H3. The SMILES string of the molecule is CCCNC(CC)(CC)c1nc(C(C)C)cs1. The van der Waals surface area contributed by atoms with Crippen LogP contribution in [-0.4, -0.2) is 11.5 Å². The van der Waals surface area contributed by atoms with Crippen molar-refractivity contribution in [3.05, 3.63) is 16.1 Å². The zero-order valence-corrected chi connectivity index (χ0v) is 12.7. The molecule has 0 atom stereocenters. The molecule has 1 rings (SSSR count). The fourth-order valence-corrected chi connectivity index (χ4v) is 3.32. The van der Waals surface area contributed by atoms with E-state index in [1.807, 2.05) is 11.3 Å². The Hall–Kier alpha value is -0.410. The summed E-state index contributed by atoms with van der Waals surface area (Å²) in [5.41, 5.74) is 1.32. The van der Waals surface area contributed by atoms with Gasteiger partial charge in [0.25, 0.3) is 0 Å². The van der Waals surface area contributed by atoms with E-state index in [0.29, 0.717) is 5.92 Å². The zero-order chi connectivity index (χ0) is 12.9. The predicted molar refractivity (Wildman–Crippen MR) is 76.8 cm³/mol. The van der Waals surface area contributed by atoms with Crippen LogP contribution in [-0.2, 0) is 5.54 Å². The van der Waals surface area contributed by atoms with Crippen LogP contribution < -0.4 is 5.32 Å². The number of nitrogens with zero attached hydrogens (tertiary/aromatic N) is 1. The maximum atomic E-state index is 4.83. The highest BCUT2D eigenvalue weighted by Gasteiger charge is 2.30. The number of nitrogens with one attached hydrogen (secondary N) is 1. The van der Waals surface area contributed by atoms with Gasteiger partial charge in [0, 0.05) is 5.38 Å². The van der Waals surface area contributed by atoms with Crippen LogP contribution in [0.5, 0.6) is 0 Å². The molecule has 0 aliphatic carbocycles. The Bertz CT molecular complexity index is 327. The highest BCUT2D eigenvalue weighted by molar-refractivity contribution is 7.09. The number of hydrogen-bond acceptors (Lipinski definition) is 3. The summed E-state index contributed by atoms with van der Waals surface area (Å²) in [6.45, 7) is 12.2. The molecule has 0 bridgehead atoms. The predicted octanol–water partition coefficient (Wildman–Crippen LogP) is 4.28. The van der Waals surface area contributed by atoms with Crippen LogP contribution in [0.2, 0.25) is 0 Å². The van der Waals surface area contributed by atoms with E-state index in [0.717, 1.165) is 19.4 Å². The van der Waals surface area contributed by atoms with Gasteiger partial charge in [-0.25, -0.2) is 4.98 Å². The Morgan fingerprint density at radius 1 is 1.29 bits per heavy atom. The van der Waals surface area contributed by atoms with E-state index in [1.165, 1.54) is 17.1 Å². The van der Waals surface area contributed by atoms with E-state index in [2.05, 4.69) is 45.3 Å². The lowest BCUT2D eigenvalue weighted by Gasteiger charge is -2.31. The van der Waals surface area contributed by atoms with Crippen LogP contribution in [0.25, 0.3) is 0 Å². The summed E-state index contributed by atoms with van der Waals surface area (Å²) < 4.78 is 0. The Labute approximate surface area is 110 Å². The molecular formula is C14H26N2S. The van der Waals surface area contributed by atoms with Crippen LogP contribution in [0.4, 0.5) is 0 Å². The average Bonchev–Trinajstić information content (AvgIpc) is 2.81. The number of hydrogen-bond donors (Lipinski definition) is 1. The minimum atomic E-state index is 0.0911. The molecule has 1 N–H and O–H groups in total. The van der Waals surface area contributed by atoms with Gasteiger partial charge in [-0.1, -0.05) is 34.6 Å². The van der Waals surface area contributed by atoms with Crippen LogP contribution in [0.15, 0.2) is 5.38 Å². The van der Waals surface area contributed by atoms with Gasteiger partial charge in [-0.05, 0) is 31.7 Å². The van der Waals surface area contributed by atoms with Gasteiger partial charge in [0.2, 0.25) is 0 Å². The topological polar surface area (TPSA) is 24.9 Å². The van der Waals surface area contributed by atoms with Gasteiger partial charge >= 0.3 is 0 Å². The van der Waals surface area contributed by atoms with Crippen molar-refractivity contribution in [3.63, 3.8) is 0 Å². The molecule has 1 heterocycles. The summed E-state index contributed by atoms with van der Waals surface area (Å²) >= 11 is 1.81. The second-order valence-corrected chi connectivity index (χ2v) is 5.81. The third-order valence-electron chi connectivity index (χ3n) is 3.44. The smallest absolute Gasteiger partial charge is 0.113 e. The monoisotopic (exact) mass is 254 g/mol. The fraction of sp³-hybridized carbons (Fsp3) is 0.786. The van der Waals surface area contributed by atoms with Gasteiger partial charge in [0.05, 0.1) is 11.2 Å². The van der Waals surface area contributed by atoms with Crippen molar-refractivity contribution in [1.82, 2.24) is 10.3 Å². The summed E-state index contributed by atoms with van der Waals surface area (Å²) in [4.78, 5) is 4.83. The zero-order valence-electron chi connectivity index (χ0n) is 11.8. The first-order valence-corrected chi connectivity index (χ1v) is 7.68. The summed E-state index contributed by atoms with van der Waals surface area (Å²) in [7, 11) is 0. The van der Waals surface area contributed by atoms with Gasteiger partial charge in [0.1, 0.15) is 5.01 Å². The van der Waals surface area contributed by atoms with E-state index in [1.54, 1.807) is 0 Å². The molecule has 98 valence electrons. The molecule has 0 aromatic carbocycles. The third kappa shape index (κ3) is 3.29. The molecule has 0 radical (unpaired) electrons. The minimum Gasteiger partial charge on any atom is -0.305 e. The van der Waals surface area contributed by atoms with Crippen LogP contribution >= 0.6 is 11.3 Å². The van der Waals surface area contributed by atoms with Gasteiger partial charge in [-0.15, -0.1) is 11.3 Å². The maximum Gasteiger partial charge on any atom is 0.113 e. The van der Waals surface area contributed by atoms with Crippen molar-refractivity contribution in [2.75, 3.05) is 6.54 Å². The average molecular weight is 254 g/mol. The molecule has 0 saturated carbocycles. The van der Waals surface area contributed by atoms with Crippen molar-refractivity contribution in [3.8, 4) is 0 Å². The lowest BCUT2D eigenvalue weighted by Crippen LogP contribution is -2.41. The van der Waals surface area contributed by atoms with E-state index < -0.39 is 0 Å². The quantitative estimate of drug-likeness (QED) is 0.785. The van der Waals surface area contributed by atoms with Gasteiger partial charge < -0.3 is 5.32 Å². The fourth-order valence-electron chi connectivity index (χ4n) is 2.01. The van der Waals surface area contributed by atoms with Crippen molar-refractivity contribution >= 4 is 11.3 Å². The Morgan fingerprint density at radius 2 is 1.94 bits per heavy atom. The first-order valence-electron chi connectivity index (χ1n) is 6.80. The molecule has 1 aromatic heterocycles. The molecule has 0 fully saturated rings. The summed E-state index contributed by atoms with van der Waals surface area (Å²) in [5.74, 6) is 0.526. The van der Waals surface area contributed by atoms with Crippen molar-refractivity contribution < 1.29 is 0 Å². The first-order chi connectivity index (χ1) is 8.09. The van der Waals surface area contributed by atoms with E-state index in [-0.39, 0.29) is 5.54 Å². The number of rotatable bonds is 7. The van der Waals surface area contributed by atoms with Crippen LogP contribution in [0.3, 0.4) is 0 Å². The molecule has 0 aliphatic rings. The van der Waals surface area contributed by atoms with Gasteiger partial charge in [0.15, 0.2) is 0 Å². The summed E-state index contributed by atoms with van der Waals surface area (Å²) in [5, 5.41) is 7.18. The van der Waals surface area contributed by atoms with Crippen molar-refractivity contribution in [2.24, 2.45) is 0 Å². The molecule has 0 aliphatic heterocycles. The van der Waals surface area contributed by atoms with Crippen LogP contribution in [0, 0.1) is 0 Å². The van der Waals surface area contributed by atoms with Gasteiger partial charge in [-0.3, -0.25) is 0 Å².